The van der Waals surface area contributed by atoms with Gasteiger partial charge < -0.3 is 18.9 Å². The second-order valence-corrected chi connectivity index (χ2v) is 7.16. The SMILES string of the molecule is CC(=O)c1ccc2c(c1)N(C(=O)c1ccc(OCc3c(C)noc3C)cc1)CCO2. The molecule has 3 aromatic rings. The van der Waals surface area contributed by atoms with Crippen LogP contribution in [0.5, 0.6) is 11.5 Å². The number of hydrogen-bond acceptors (Lipinski definition) is 6. The summed E-state index contributed by atoms with van der Waals surface area (Å²) in [5, 5.41) is 3.92. The molecule has 0 atom stereocenters. The van der Waals surface area contributed by atoms with Gasteiger partial charge in [-0.1, -0.05) is 5.16 Å². The summed E-state index contributed by atoms with van der Waals surface area (Å²) in [6.45, 7) is 6.37. The van der Waals surface area contributed by atoms with Crippen LogP contribution in [0.15, 0.2) is 47.0 Å². The van der Waals surface area contributed by atoms with E-state index in [1.807, 2.05) is 13.8 Å². The average Bonchev–Trinajstić information content (AvgIpc) is 3.08. The predicted molar refractivity (Wildman–Crippen MR) is 110 cm³/mol. The second kappa shape index (κ2) is 8.02. The zero-order valence-corrected chi connectivity index (χ0v) is 17.1. The van der Waals surface area contributed by atoms with Crippen LogP contribution in [-0.2, 0) is 6.61 Å². The van der Waals surface area contributed by atoms with Crippen LogP contribution in [0.25, 0.3) is 0 Å². The monoisotopic (exact) mass is 406 g/mol. The molecule has 0 saturated heterocycles. The number of nitrogens with zero attached hydrogens (tertiary/aromatic N) is 2. The number of aryl methyl sites for hydroxylation is 2. The lowest BCUT2D eigenvalue weighted by Crippen LogP contribution is -2.38. The first-order valence-corrected chi connectivity index (χ1v) is 9.68. The van der Waals surface area contributed by atoms with Gasteiger partial charge in [0.15, 0.2) is 5.78 Å². The molecule has 2 heterocycles. The van der Waals surface area contributed by atoms with E-state index >= 15 is 0 Å². The fourth-order valence-corrected chi connectivity index (χ4v) is 3.36. The lowest BCUT2D eigenvalue weighted by Gasteiger charge is -2.30. The Morgan fingerprint density at radius 1 is 1.10 bits per heavy atom. The number of amides is 1. The quantitative estimate of drug-likeness (QED) is 0.593. The first-order valence-electron chi connectivity index (χ1n) is 9.68. The molecule has 2 aromatic carbocycles. The van der Waals surface area contributed by atoms with Crippen molar-refractivity contribution in [2.24, 2.45) is 0 Å². The molecule has 0 unspecified atom stereocenters. The molecular formula is C23H22N2O5. The molecule has 1 amide bonds. The van der Waals surface area contributed by atoms with Gasteiger partial charge in [0.1, 0.15) is 30.5 Å². The fraction of sp³-hybridized carbons (Fsp3) is 0.261. The first-order chi connectivity index (χ1) is 14.4. The average molecular weight is 406 g/mol. The van der Waals surface area contributed by atoms with Crippen molar-refractivity contribution in [3.8, 4) is 11.5 Å². The van der Waals surface area contributed by atoms with Gasteiger partial charge in [-0.05, 0) is 63.2 Å². The second-order valence-electron chi connectivity index (χ2n) is 7.16. The van der Waals surface area contributed by atoms with Gasteiger partial charge >= 0.3 is 0 Å². The molecule has 1 aromatic heterocycles. The Bertz CT molecular complexity index is 1080. The van der Waals surface area contributed by atoms with Crippen molar-refractivity contribution >= 4 is 17.4 Å². The van der Waals surface area contributed by atoms with Crippen LogP contribution in [0, 0.1) is 13.8 Å². The van der Waals surface area contributed by atoms with E-state index < -0.39 is 0 Å². The summed E-state index contributed by atoms with van der Waals surface area (Å²) in [4.78, 5) is 26.5. The van der Waals surface area contributed by atoms with E-state index in [-0.39, 0.29) is 11.7 Å². The summed E-state index contributed by atoms with van der Waals surface area (Å²) in [5.41, 5.74) is 3.40. The Labute approximate surface area is 174 Å². The molecule has 0 bridgehead atoms. The standard InChI is InChI=1S/C23H22N2O5/c1-14-20(16(3)30-24-14)13-29-19-7-4-17(5-8-19)23(27)25-10-11-28-22-9-6-18(15(2)26)12-21(22)25/h4-9,12H,10-11,13H2,1-3H3. The summed E-state index contributed by atoms with van der Waals surface area (Å²) in [6, 6.07) is 12.1. The highest BCUT2D eigenvalue weighted by molar-refractivity contribution is 6.08. The van der Waals surface area contributed by atoms with Crippen LogP contribution in [0.1, 0.15) is 44.7 Å². The lowest BCUT2D eigenvalue weighted by atomic mass is 10.1. The van der Waals surface area contributed by atoms with E-state index in [2.05, 4.69) is 5.16 Å². The number of carbonyl (C=O) groups is 2. The summed E-state index contributed by atoms with van der Waals surface area (Å²) in [6.07, 6.45) is 0. The molecule has 0 aliphatic carbocycles. The Balaban J connectivity index is 1.51. The van der Waals surface area contributed by atoms with Crippen LogP contribution < -0.4 is 14.4 Å². The molecule has 30 heavy (non-hydrogen) atoms. The molecule has 4 rings (SSSR count). The fourth-order valence-electron chi connectivity index (χ4n) is 3.36. The lowest BCUT2D eigenvalue weighted by molar-refractivity contribution is 0.0973. The number of carbonyl (C=O) groups excluding carboxylic acids is 2. The topological polar surface area (TPSA) is 81.9 Å². The van der Waals surface area contributed by atoms with Gasteiger partial charge in [-0.15, -0.1) is 0 Å². The Hall–Kier alpha value is -3.61. The molecule has 0 spiro atoms. The molecule has 0 saturated carbocycles. The normalized spacial score (nSPS) is 12.8. The van der Waals surface area contributed by atoms with Crippen molar-refractivity contribution in [2.45, 2.75) is 27.4 Å². The van der Waals surface area contributed by atoms with Gasteiger partial charge in [0, 0.05) is 11.1 Å². The smallest absolute Gasteiger partial charge is 0.258 e. The Morgan fingerprint density at radius 2 is 1.83 bits per heavy atom. The molecule has 1 aliphatic rings. The number of anilines is 1. The maximum Gasteiger partial charge on any atom is 0.258 e. The molecule has 154 valence electrons. The van der Waals surface area contributed by atoms with Crippen LogP contribution >= 0.6 is 0 Å². The Morgan fingerprint density at radius 3 is 2.50 bits per heavy atom. The van der Waals surface area contributed by atoms with E-state index in [4.69, 9.17) is 14.0 Å². The largest absolute Gasteiger partial charge is 0.490 e. The molecule has 0 fully saturated rings. The van der Waals surface area contributed by atoms with Gasteiger partial charge in [0.2, 0.25) is 0 Å². The summed E-state index contributed by atoms with van der Waals surface area (Å²) in [7, 11) is 0. The summed E-state index contributed by atoms with van der Waals surface area (Å²) >= 11 is 0. The number of fused-ring (bicyclic) bond motifs is 1. The number of hydrogen-bond donors (Lipinski definition) is 0. The van der Waals surface area contributed by atoms with Crippen molar-refractivity contribution in [3.05, 3.63) is 70.6 Å². The van der Waals surface area contributed by atoms with Crippen LogP contribution in [0.4, 0.5) is 5.69 Å². The van der Waals surface area contributed by atoms with Crippen molar-refractivity contribution in [2.75, 3.05) is 18.1 Å². The van der Waals surface area contributed by atoms with E-state index in [0.717, 1.165) is 17.0 Å². The van der Waals surface area contributed by atoms with Gasteiger partial charge in [-0.3, -0.25) is 9.59 Å². The van der Waals surface area contributed by atoms with Gasteiger partial charge in [0.25, 0.3) is 5.91 Å². The summed E-state index contributed by atoms with van der Waals surface area (Å²) in [5.74, 6) is 1.76. The number of ketones is 1. The molecule has 7 nitrogen and oxygen atoms in total. The van der Waals surface area contributed by atoms with Crippen LogP contribution in [0.3, 0.4) is 0 Å². The predicted octanol–water partition coefficient (Wildman–Crippen LogP) is 4.11. The highest BCUT2D eigenvalue weighted by Gasteiger charge is 2.25. The molecule has 0 radical (unpaired) electrons. The Kier molecular flexibility index (Phi) is 5.27. The van der Waals surface area contributed by atoms with Crippen LogP contribution in [-0.4, -0.2) is 30.0 Å². The minimum Gasteiger partial charge on any atom is -0.490 e. The number of ether oxygens (including phenoxy) is 2. The third kappa shape index (κ3) is 3.78. The minimum atomic E-state index is -0.155. The maximum absolute atomic E-state index is 13.1. The van der Waals surface area contributed by atoms with Gasteiger partial charge in [-0.25, -0.2) is 0 Å². The molecular weight excluding hydrogens is 384 g/mol. The number of rotatable bonds is 5. The highest BCUT2D eigenvalue weighted by Crippen LogP contribution is 2.34. The minimum absolute atomic E-state index is 0.0597. The molecule has 7 heteroatoms. The van der Waals surface area contributed by atoms with Gasteiger partial charge in [-0.2, -0.15) is 0 Å². The van der Waals surface area contributed by atoms with Crippen molar-refractivity contribution in [1.29, 1.82) is 0 Å². The number of benzene rings is 2. The third-order valence-electron chi connectivity index (χ3n) is 5.14. The highest BCUT2D eigenvalue weighted by atomic mass is 16.5. The zero-order valence-electron chi connectivity index (χ0n) is 17.1. The molecule has 1 aliphatic heterocycles. The van der Waals surface area contributed by atoms with Crippen molar-refractivity contribution in [1.82, 2.24) is 5.16 Å². The van der Waals surface area contributed by atoms with E-state index in [0.29, 0.717) is 48.1 Å². The van der Waals surface area contributed by atoms with E-state index in [9.17, 15) is 9.59 Å². The van der Waals surface area contributed by atoms with Crippen molar-refractivity contribution < 1.29 is 23.6 Å². The van der Waals surface area contributed by atoms with Crippen LogP contribution in [0.2, 0.25) is 0 Å². The van der Waals surface area contributed by atoms with E-state index in [1.165, 1.54) is 6.92 Å². The maximum atomic E-state index is 13.1. The number of aromatic nitrogens is 1. The van der Waals surface area contributed by atoms with Crippen molar-refractivity contribution in [3.63, 3.8) is 0 Å². The van der Waals surface area contributed by atoms with E-state index in [1.54, 1.807) is 47.4 Å². The molecule has 0 N–H and O–H groups in total. The summed E-state index contributed by atoms with van der Waals surface area (Å²) < 4.78 is 16.6. The van der Waals surface area contributed by atoms with Gasteiger partial charge in [0.05, 0.1) is 23.5 Å². The zero-order chi connectivity index (χ0) is 21.3. The number of Topliss-reactive ketones (excluding diaryl/α,β-unsaturated/α-hetero) is 1. The third-order valence-corrected chi connectivity index (χ3v) is 5.14. The first kappa shape index (κ1) is 19.7.